The normalized spacial score (nSPS) is 10.9. The molecule has 2 aromatic rings. The molecule has 0 aliphatic carbocycles. The maximum absolute atomic E-state index is 12.0. The number of rotatable bonds is 3. The molecule has 0 radical (unpaired) electrons. The van der Waals surface area contributed by atoms with Crippen molar-refractivity contribution in [3.05, 3.63) is 45.0 Å². The molecule has 1 heterocycles. The van der Waals surface area contributed by atoms with Gasteiger partial charge in [-0.15, -0.1) is 0 Å². The fourth-order valence-electron chi connectivity index (χ4n) is 1.91. The lowest BCUT2D eigenvalue weighted by Gasteiger charge is -2.11. The Hall–Kier alpha value is -1.81. The topological polar surface area (TPSA) is 55.0 Å². The molecule has 0 saturated heterocycles. The van der Waals surface area contributed by atoms with Gasteiger partial charge >= 0.3 is 0 Å². The molecule has 0 aliphatic heterocycles. The van der Waals surface area contributed by atoms with Crippen molar-refractivity contribution in [1.82, 2.24) is 9.97 Å². The number of hydrogen-bond donors (Lipinski definition) is 1. The van der Waals surface area contributed by atoms with Gasteiger partial charge in [0.1, 0.15) is 11.6 Å². The van der Waals surface area contributed by atoms with Crippen LogP contribution in [-0.2, 0) is 0 Å². The van der Waals surface area contributed by atoms with Crippen molar-refractivity contribution in [2.75, 3.05) is 7.11 Å². The van der Waals surface area contributed by atoms with E-state index in [1.807, 2.05) is 19.9 Å². The van der Waals surface area contributed by atoms with Gasteiger partial charge in [-0.25, -0.2) is 4.98 Å². The first-order chi connectivity index (χ1) is 9.43. The van der Waals surface area contributed by atoms with Crippen molar-refractivity contribution >= 4 is 11.6 Å². The second-order valence-electron chi connectivity index (χ2n) is 4.93. The minimum Gasteiger partial charge on any atom is -0.495 e. The minimum atomic E-state index is -0.118. The Labute approximate surface area is 122 Å². The van der Waals surface area contributed by atoms with Gasteiger partial charge in [0, 0.05) is 17.0 Å². The molecule has 5 heteroatoms. The van der Waals surface area contributed by atoms with Crippen LogP contribution in [0.4, 0.5) is 0 Å². The van der Waals surface area contributed by atoms with Gasteiger partial charge in [-0.1, -0.05) is 31.5 Å². The zero-order valence-corrected chi connectivity index (χ0v) is 12.7. The van der Waals surface area contributed by atoms with E-state index in [2.05, 4.69) is 9.97 Å². The minimum absolute atomic E-state index is 0.118. The molecular weight excluding hydrogens is 276 g/mol. The largest absolute Gasteiger partial charge is 0.495 e. The van der Waals surface area contributed by atoms with Crippen LogP contribution < -0.4 is 10.3 Å². The van der Waals surface area contributed by atoms with E-state index >= 15 is 0 Å². The van der Waals surface area contributed by atoms with Crippen molar-refractivity contribution < 1.29 is 4.74 Å². The number of aromatic nitrogens is 2. The van der Waals surface area contributed by atoms with Gasteiger partial charge in [-0.3, -0.25) is 4.79 Å². The molecule has 1 aromatic heterocycles. The fraction of sp³-hybridized carbons (Fsp3) is 0.333. The van der Waals surface area contributed by atoms with Gasteiger partial charge in [0.05, 0.1) is 17.8 Å². The lowest BCUT2D eigenvalue weighted by Crippen LogP contribution is -2.16. The molecule has 1 N–H and O–H groups in total. The number of methoxy groups -OCH3 is 1. The second kappa shape index (κ2) is 5.67. The van der Waals surface area contributed by atoms with Gasteiger partial charge in [-0.2, -0.15) is 0 Å². The second-order valence-corrected chi connectivity index (χ2v) is 5.34. The molecular formula is C15H17ClN2O2. The standard InChI is InChI=1S/C15H17ClN2O2/c1-8(2)14-17-13(9(3)15(19)18-14)10-5-6-11(16)12(7-10)20-4/h5-8H,1-4H3,(H,17,18,19). The summed E-state index contributed by atoms with van der Waals surface area (Å²) < 4.78 is 5.21. The van der Waals surface area contributed by atoms with Gasteiger partial charge in [0.25, 0.3) is 5.56 Å². The van der Waals surface area contributed by atoms with Crippen LogP contribution in [0.3, 0.4) is 0 Å². The first kappa shape index (κ1) is 14.6. The summed E-state index contributed by atoms with van der Waals surface area (Å²) in [5, 5.41) is 0.530. The molecule has 20 heavy (non-hydrogen) atoms. The van der Waals surface area contributed by atoms with Crippen LogP contribution >= 0.6 is 11.6 Å². The first-order valence-electron chi connectivity index (χ1n) is 6.38. The number of benzene rings is 1. The number of nitrogens with one attached hydrogen (secondary N) is 1. The quantitative estimate of drug-likeness (QED) is 0.941. The molecule has 0 fully saturated rings. The van der Waals surface area contributed by atoms with Crippen LogP contribution in [0.5, 0.6) is 5.75 Å². The fourth-order valence-corrected chi connectivity index (χ4v) is 2.11. The highest BCUT2D eigenvalue weighted by molar-refractivity contribution is 6.32. The average Bonchev–Trinajstić information content (AvgIpc) is 2.42. The zero-order chi connectivity index (χ0) is 14.9. The van der Waals surface area contributed by atoms with Crippen LogP contribution in [-0.4, -0.2) is 17.1 Å². The summed E-state index contributed by atoms with van der Waals surface area (Å²) >= 11 is 6.02. The Morgan fingerprint density at radius 1 is 1.35 bits per heavy atom. The smallest absolute Gasteiger partial charge is 0.254 e. The van der Waals surface area contributed by atoms with Crippen LogP contribution in [0, 0.1) is 6.92 Å². The summed E-state index contributed by atoms with van der Waals surface area (Å²) in [5.74, 6) is 1.39. The number of nitrogens with zero attached hydrogens (tertiary/aromatic N) is 1. The molecule has 0 unspecified atom stereocenters. The van der Waals surface area contributed by atoms with Crippen molar-refractivity contribution in [3.8, 4) is 17.0 Å². The summed E-state index contributed by atoms with van der Waals surface area (Å²) in [5.41, 5.74) is 1.94. The van der Waals surface area contributed by atoms with Crippen molar-refractivity contribution in [2.24, 2.45) is 0 Å². The maximum atomic E-state index is 12.0. The highest BCUT2D eigenvalue weighted by Gasteiger charge is 2.13. The third-order valence-electron chi connectivity index (χ3n) is 3.14. The molecule has 0 saturated carbocycles. The molecule has 0 bridgehead atoms. The lowest BCUT2D eigenvalue weighted by atomic mass is 10.1. The van der Waals surface area contributed by atoms with Crippen LogP contribution in [0.25, 0.3) is 11.3 Å². The van der Waals surface area contributed by atoms with Gasteiger partial charge in [0.2, 0.25) is 0 Å². The van der Waals surface area contributed by atoms with Crippen molar-refractivity contribution in [3.63, 3.8) is 0 Å². The number of H-pyrrole nitrogens is 1. The van der Waals surface area contributed by atoms with E-state index in [4.69, 9.17) is 16.3 Å². The van der Waals surface area contributed by atoms with Crippen LogP contribution in [0.1, 0.15) is 31.2 Å². The Kier molecular flexibility index (Phi) is 4.14. The lowest BCUT2D eigenvalue weighted by molar-refractivity contribution is 0.415. The molecule has 4 nitrogen and oxygen atoms in total. The summed E-state index contributed by atoms with van der Waals surface area (Å²) in [7, 11) is 1.56. The monoisotopic (exact) mass is 292 g/mol. The average molecular weight is 293 g/mol. The molecule has 0 aliphatic rings. The Morgan fingerprint density at radius 3 is 2.65 bits per heavy atom. The number of halogens is 1. The molecule has 0 amide bonds. The van der Waals surface area contributed by atoms with E-state index in [0.717, 1.165) is 5.56 Å². The molecule has 106 valence electrons. The SMILES string of the molecule is COc1cc(-c2nc(C(C)C)[nH]c(=O)c2C)ccc1Cl. The Balaban J connectivity index is 2.65. The van der Waals surface area contributed by atoms with Crippen molar-refractivity contribution in [2.45, 2.75) is 26.7 Å². The van der Waals surface area contributed by atoms with E-state index in [1.54, 1.807) is 26.2 Å². The molecule has 2 rings (SSSR count). The van der Waals surface area contributed by atoms with Crippen LogP contribution in [0.2, 0.25) is 5.02 Å². The van der Waals surface area contributed by atoms with Crippen molar-refractivity contribution in [1.29, 1.82) is 0 Å². The highest BCUT2D eigenvalue weighted by atomic mass is 35.5. The van der Waals surface area contributed by atoms with E-state index < -0.39 is 0 Å². The van der Waals surface area contributed by atoms with Crippen LogP contribution in [0.15, 0.2) is 23.0 Å². The number of hydrogen-bond acceptors (Lipinski definition) is 3. The summed E-state index contributed by atoms with van der Waals surface area (Å²) in [6.45, 7) is 5.73. The summed E-state index contributed by atoms with van der Waals surface area (Å²) in [4.78, 5) is 19.4. The van der Waals surface area contributed by atoms with E-state index in [0.29, 0.717) is 27.9 Å². The zero-order valence-electron chi connectivity index (χ0n) is 12.0. The molecule has 1 aromatic carbocycles. The van der Waals surface area contributed by atoms with E-state index in [-0.39, 0.29) is 11.5 Å². The molecule has 0 atom stereocenters. The van der Waals surface area contributed by atoms with E-state index in [1.165, 1.54) is 0 Å². The van der Waals surface area contributed by atoms with E-state index in [9.17, 15) is 4.79 Å². The third kappa shape index (κ3) is 2.70. The predicted octanol–water partition coefficient (Wildman–Crippen LogP) is 3.53. The van der Waals surface area contributed by atoms with Gasteiger partial charge in [0.15, 0.2) is 0 Å². The summed E-state index contributed by atoms with van der Waals surface area (Å²) in [6, 6.07) is 5.37. The first-order valence-corrected chi connectivity index (χ1v) is 6.76. The number of ether oxygens (including phenoxy) is 1. The van der Waals surface area contributed by atoms with Gasteiger partial charge in [-0.05, 0) is 19.1 Å². The Morgan fingerprint density at radius 2 is 2.05 bits per heavy atom. The summed E-state index contributed by atoms with van der Waals surface area (Å²) in [6.07, 6.45) is 0. The predicted molar refractivity (Wildman–Crippen MR) is 80.7 cm³/mol. The Bertz CT molecular complexity index is 693. The third-order valence-corrected chi connectivity index (χ3v) is 3.45. The highest BCUT2D eigenvalue weighted by Crippen LogP contribution is 2.30. The number of aromatic amines is 1. The molecule has 0 spiro atoms. The van der Waals surface area contributed by atoms with Gasteiger partial charge < -0.3 is 9.72 Å². The maximum Gasteiger partial charge on any atom is 0.254 e.